The van der Waals surface area contributed by atoms with E-state index in [9.17, 15) is 0 Å². The molecule has 0 aromatic carbocycles. The van der Waals surface area contributed by atoms with Gasteiger partial charge in [-0.05, 0) is 26.7 Å². The smallest absolute Gasteiger partial charge is 0.157 e. The van der Waals surface area contributed by atoms with Crippen molar-refractivity contribution in [2.75, 3.05) is 19.7 Å². The zero-order valence-corrected chi connectivity index (χ0v) is 11.9. The largest absolute Gasteiger partial charge is 0.374 e. The topological polar surface area (TPSA) is 33.6 Å². The van der Waals surface area contributed by atoms with Gasteiger partial charge in [-0.15, -0.1) is 0 Å². The molecule has 1 heterocycles. The molecule has 94 valence electrons. The molecule has 1 aliphatic rings. The molecule has 1 rings (SSSR count). The lowest BCUT2D eigenvalue weighted by Gasteiger charge is -2.25. The summed E-state index contributed by atoms with van der Waals surface area (Å²) in [5.41, 5.74) is -0.117. The third-order valence-corrected chi connectivity index (χ3v) is 4.11. The summed E-state index contributed by atoms with van der Waals surface area (Å²) < 4.78 is 5.64. The second-order valence-electron chi connectivity index (χ2n) is 5.09. The number of hydrogen-bond donors (Lipinski definition) is 1. The van der Waals surface area contributed by atoms with Crippen molar-refractivity contribution in [2.45, 2.75) is 45.5 Å². The normalized spacial score (nSPS) is 21.4. The van der Waals surface area contributed by atoms with Crippen LogP contribution in [-0.2, 0) is 4.74 Å². The monoisotopic (exact) mass is 244 g/mol. The number of amidine groups is 1. The SMILES string of the molecule is CCOC(C)(C)CNC1=NCC(C(C)C)S1. The quantitative estimate of drug-likeness (QED) is 0.807. The Hall–Kier alpha value is -0.220. The average molecular weight is 244 g/mol. The van der Waals surface area contributed by atoms with E-state index in [4.69, 9.17) is 4.74 Å². The highest BCUT2D eigenvalue weighted by Gasteiger charge is 2.24. The Bertz CT molecular complexity index is 251. The Morgan fingerprint density at radius 3 is 2.75 bits per heavy atom. The molecule has 0 saturated carbocycles. The molecule has 0 radical (unpaired) electrons. The van der Waals surface area contributed by atoms with E-state index in [-0.39, 0.29) is 5.60 Å². The first-order valence-electron chi connectivity index (χ1n) is 6.03. The third-order valence-electron chi connectivity index (χ3n) is 2.62. The lowest BCUT2D eigenvalue weighted by Crippen LogP contribution is -2.39. The molecule has 1 aliphatic heterocycles. The summed E-state index contributed by atoms with van der Waals surface area (Å²) >= 11 is 1.86. The molecule has 0 aromatic heterocycles. The van der Waals surface area contributed by atoms with Gasteiger partial charge < -0.3 is 10.1 Å². The van der Waals surface area contributed by atoms with Crippen LogP contribution in [0.5, 0.6) is 0 Å². The van der Waals surface area contributed by atoms with Gasteiger partial charge in [-0.1, -0.05) is 25.6 Å². The standard InChI is InChI=1S/C12H24N2OS/c1-6-15-12(4,5)8-14-11-13-7-10(16-11)9(2)3/h9-10H,6-8H2,1-5H3,(H,13,14). The lowest BCUT2D eigenvalue weighted by atomic mass is 10.1. The van der Waals surface area contributed by atoms with Crippen LogP contribution in [0.3, 0.4) is 0 Å². The first-order chi connectivity index (χ1) is 7.44. The van der Waals surface area contributed by atoms with Gasteiger partial charge in [-0.25, -0.2) is 0 Å². The van der Waals surface area contributed by atoms with Crippen LogP contribution in [0.2, 0.25) is 0 Å². The summed E-state index contributed by atoms with van der Waals surface area (Å²) in [6.07, 6.45) is 0. The van der Waals surface area contributed by atoms with Crippen molar-refractivity contribution in [3.63, 3.8) is 0 Å². The molecular weight excluding hydrogens is 220 g/mol. The minimum absolute atomic E-state index is 0.117. The zero-order valence-electron chi connectivity index (χ0n) is 11.0. The summed E-state index contributed by atoms with van der Waals surface area (Å²) in [5, 5.41) is 5.09. The Kier molecular flexibility index (Phi) is 5.12. The van der Waals surface area contributed by atoms with Crippen LogP contribution < -0.4 is 5.32 Å². The van der Waals surface area contributed by atoms with Crippen molar-refractivity contribution in [1.82, 2.24) is 5.32 Å². The van der Waals surface area contributed by atoms with Crippen molar-refractivity contribution in [3.8, 4) is 0 Å². The van der Waals surface area contributed by atoms with Crippen molar-refractivity contribution in [3.05, 3.63) is 0 Å². The number of nitrogens with one attached hydrogen (secondary N) is 1. The first kappa shape index (κ1) is 13.8. The van der Waals surface area contributed by atoms with Crippen LogP contribution in [0.25, 0.3) is 0 Å². The van der Waals surface area contributed by atoms with Crippen LogP contribution in [0.4, 0.5) is 0 Å². The molecule has 0 spiro atoms. The maximum absolute atomic E-state index is 5.64. The minimum atomic E-state index is -0.117. The van der Waals surface area contributed by atoms with E-state index in [0.717, 1.165) is 24.9 Å². The molecule has 0 saturated heterocycles. The highest BCUT2D eigenvalue weighted by Crippen LogP contribution is 2.26. The molecule has 0 bridgehead atoms. The zero-order chi connectivity index (χ0) is 12.2. The van der Waals surface area contributed by atoms with Crippen molar-refractivity contribution in [2.24, 2.45) is 10.9 Å². The fourth-order valence-electron chi connectivity index (χ4n) is 1.57. The highest BCUT2D eigenvalue weighted by molar-refractivity contribution is 8.14. The maximum Gasteiger partial charge on any atom is 0.157 e. The summed E-state index contributed by atoms with van der Waals surface area (Å²) in [6, 6.07) is 0. The van der Waals surface area contributed by atoms with Gasteiger partial charge in [0.25, 0.3) is 0 Å². The van der Waals surface area contributed by atoms with Crippen molar-refractivity contribution in [1.29, 1.82) is 0 Å². The second-order valence-corrected chi connectivity index (χ2v) is 6.32. The van der Waals surface area contributed by atoms with E-state index in [1.807, 2.05) is 18.7 Å². The number of ether oxygens (including phenoxy) is 1. The van der Waals surface area contributed by atoms with Crippen LogP contribution >= 0.6 is 11.8 Å². The van der Waals surface area contributed by atoms with Gasteiger partial charge in [-0.2, -0.15) is 0 Å². The molecule has 0 aromatic rings. The molecule has 0 amide bonds. The van der Waals surface area contributed by atoms with Crippen LogP contribution in [-0.4, -0.2) is 35.7 Å². The fraction of sp³-hybridized carbons (Fsp3) is 0.917. The van der Waals surface area contributed by atoms with Gasteiger partial charge in [-0.3, -0.25) is 4.99 Å². The van der Waals surface area contributed by atoms with Gasteiger partial charge in [0.15, 0.2) is 5.17 Å². The van der Waals surface area contributed by atoms with E-state index >= 15 is 0 Å². The Morgan fingerprint density at radius 1 is 1.56 bits per heavy atom. The fourth-order valence-corrected chi connectivity index (χ4v) is 2.58. The number of aliphatic imine (C=N–C) groups is 1. The Morgan fingerprint density at radius 2 is 2.25 bits per heavy atom. The molecule has 0 aliphatic carbocycles. The molecule has 3 nitrogen and oxygen atoms in total. The van der Waals surface area contributed by atoms with Gasteiger partial charge in [0.2, 0.25) is 0 Å². The van der Waals surface area contributed by atoms with Gasteiger partial charge in [0.05, 0.1) is 12.1 Å². The summed E-state index contributed by atoms with van der Waals surface area (Å²) in [6.45, 7) is 13.2. The molecule has 1 unspecified atom stereocenters. The number of hydrogen-bond acceptors (Lipinski definition) is 4. The highest BCUT2D eigenvalue weighted by atomic mass is 32.2. The Labute approximate surface area is 103 Å². The van der Waals surface area contributed by atoms with Gasteiger partial charge in [0.1, 0.15) is 0 Å². The van der Waals surface area contributed by atoms with E-state index < -0.39 is 0 Å². The number of nitrogens with zero attached hydrogens (tertiary/aromatic N) is 1. The van der Waals surface area contributed by atoms with Gasteiger partial charge >= 0.3 is 0 Å². The summed E-state index contributed by atoms with van der Waals surface area (Å²) in [4.78, 5) is 4.51. The molecular formula is C12H24N2OS. The number of thioether (sulfide) groups is 1. The molecule has 16 heavy (non-hydrogen) atoms. The first-order valence-corrected chi connectivity index (χ1v) is 6.91. The summed E-state index contributed by atoms with van der Waals surface area (Å²) in [5.74, 6) is 0.688. The maximum atomic E-state index is 5.64. The molecule has 0 fully saturated rings. The van der Waals surface area contributed by atoms with Crippen LogP contribution in [0, 0.1) is 5.92 Å². The van der Waals surface area contributed by atoms with E-state index in [2.05, 4.69) is 38.0 Å². The average Bonchev–Trinajstić information content (AvgIpc) is 2.63. The summed E-state index contributed by atoms with van der Waals surface area (Å²) in [7, 11) is 0. The predicted octanol–water partition coefficient (Wildman–Crippen LogP) is 2.52. The third kappa shape index (κ3) is 4.34. The Balaban J connectivity index is 2.30. The van der Waals surface area contributed by atoms with Crippen LogP contribution in [0.15, 0.2) is 4.99 Å². The van der Waals surface area contributed by atoms with E-state index in [1.165, 1.54) is 0 Å². The van der Waals surface area contributed by atoms with Crippen LogP contribution in [0.1, 0.15) is 34.6 Å². The van der Waals surface area contributed by atoms with E-state index in [1.54, 1.807) is 0 Å². The van der Waals surface area contributed by atoms with Crippen molar-refractivity contribution >= 4 is 16.9 Å². The van der Waals surface area contributed by atoms with Gasteiger partial charge in [0, 0.05) is 18.4 Å². The minimum Gasteiger partial charge on any atom is -0.374 e. The predicted molar refractivity (Wildman–Crippen MR) is 72.2 cm³/mol. The van der Waals surface area contributed by atoms with Crippen molar-refractivity contribution < 1.29 is 4.74 Å². The lowest BCUT2D eigenvalue weighted by molar-refractivity contribution is -0.00556. The molecule has 4 heteroatoms. The van der Waals surface area contributed by atoms with E-state index in [0.29, 0.717) is 11.2 Å². The molecule has 1 N–H and O–H groups in total. The second kappa shape index (κ2) is 5.92. The molecule has 1 atom stereocenters. The number of rotatable bonds is 5.